The Morgan fingerprint density at radius 2 is 1.50 bits per heavy atom. The fraction of sp³-hybridized carbons (Fsp3) is 0.947. The number of rotatable bonds is 20. The molecule has 0 heterocycles. The minimum absolute atomic E-state index is 0.0747. The number of hydrogen-bond donors (Lipinski definition) is 3. The van der Waals surface area contributed by atoms with Gasteiger partial charge in [-0.1, -0.05) is 71.1 Å². The SMILES string of the molecule is CCCCCCCCCCCCCC(=O)O[C@@H](CO)COP(=O)(O)OCCN. The van der Waals surface area contributed by atoms with E-state index in [4.69, 9.17) is 15.0 Å². The van der Waals surface area contributed by atoms with Crippen molar-refractivity contribution in [3.05, 3.63) is 0 Å². The number of unbranched alkanes of at least 4 members (excludes halogenated alkanes) is 10. The van der Waals surface area contributed by atoms with E-state index in [0.29, 0.717) is 0 Å². The molecular formula is C19H40NO7P. The second-order valence-corrected chi connectivity index (χ2v) is 8.42. The number of aliphatic hydroxyl groups is 1. The molecule has 0 aromatic carbocycles. The van der Waals surface area contributed by atoms with Gasteiger partial charge in [-0.05, 0) is 6.42 Å². The third-order valence-corrected chi connectivity index (χ3v) is 5.27. The van der Waals surface area contributed by atoms with Crippen LogP contribution in [0.15, 0.2) is 0 Å². The molecule has 0 rings (SSSR count). The molecule has 0 spiro atoms. The third kappa shape index (κ3) is 17.6. The number of ether oxygens (including phenoxy) is 1. The van der Waals surface area contributed by atoms with Crippen molar-refractivity contribution in [1.82, 2.24) is 0 Å². The molecule has 4 N–H and O–H groups in total. The Hall–Kier alpha value is -0.500. The Bertz CT molecular complexity index is 423. The van der Waals surface area contributed by atoms with Crippen molar-refractivity contribution in [3.63, 3.8) is 0 Å². The topological polar surface area (TPSA) is 128 Å². The van der Waals surface area contributed by atoms with Crippen molar-refractivity contribution < 1.29 is 33.1 Å². The monoisotopic (exact) mass is 425 g/mol. The molecular weight excluding hydrogens is 385 g/mol. The van der Waals surface area contributed by atoms with Gasteiger partial charge in [0, 0.05) is 13.0 Å². The van der Waals surface area contributed by atoms with Gasteiger partial charge in [0.25, 0.3) is 0 Å². The smallest absolute Gasteiger partial charge is 0.457 e. The lowest BCUT2D eigenvalue weighted by molar-refractivity contribution is -0.153. The maximum atomic E-state index is 11.8. The fourth-order valence-corrected chi connectivity index (χ4v) is 3.45. The summed E-state index contributed by atoms with van der Waals surface area (Å²) in [6.07, 6.45) is 12.4. The van der Waals surface area contributed by atoms with E-state index in [0.717, 1.165) is 19.3 Å². The first-order chi connectivity index (χ1) is 13.4. The number of phosphoric ester groups is 1. The van der Waals surface area contributed by atoms with E-state index in [1.807, 2.05) is 0 Å². The number of phosphoric acid groups is 1. The zero-order valence-corrected chi connectivity index (χ0v) is 18.2. The molecule has 2 atom stereocenters. The summed E-state index contributed by atoms with van der Waals surface area (Å²) in [4.78, 5) is 21.2. The summed E-state index contributed by atoms with van der Waals surface area (Å²) in [7, 11) is -4.25. The number of carbonyl (C=O) groups excluding carboxylic acids is 1. The molecule has 0 aliphatic carbocycles. The van der Waals surface area contributed by atoms with Crippen molar-refractivity contribution >= 4 is 13.8 Å². The molecule has 168 valence electrons. The average Bonchev–Trinajstić information content (AvgIpc) is 2.67. The van der Waals surface area contributed by atoms with Gasteiger partial charge in [-0.3, -0.25) is 13.8 Å². The van der Waals surface area contributed by atoms with Crippen molar-refractivity contribution in [2.24, 2.45) is 5.73 Å². The highest BCUT2D eigenvalue weighted by atomic mass is 31.2. The van der Waals surface area contributed by atoms with Crippen LogP contribution < -0.4 is 5.73 Å². The molecule has 0 radical (unpaired) electrons. The summed E-state index contributed by atoms with van der Waals surface area (Å²) in [6, 6.07) is 0. The molecule has 0 aromatic heterocycles. The van der Waals surface area contributed by atoms with E-state index in [-0.39, 0.29) is 19.6 Å². The predicted molar refractivity (Wildman–Crippen MR) is 109 cm³/mol. The Labute approximate surface area is 169 Å². The Balaban J connectivity index is 3.68. The van der Waals surface area contributed by atoms with Crippen molar-refractivity contribution in [2.45, 2.75) is 90.1 Å². The quantitative estimate of drug-likeness (QED) is 0.153. The third-order valence-electron chi connectivity index (χ3n) is 4.28. The van der Waals surface area contributed by atoms with Crippen molar-refractivity contribution in [1.29, 1.82) is 0 Å². The van der Waals surface area contributed by atoms with Gasteiger partial charge >= 0.3 is 13.8 Å². The standard InChI is InChI=1S/C19H40NO7P/c1-2-3-4-5-6-7-8-9-10-11-12-13-19(22)27-18(16-21)17-26-28(23,24)25-15-14-20/h18,21H,2-17,20H2,1H3,(H,23,24)/t18-/m0/s1. The van der Waals surface area contributed by atoms with Gasteiger partial charge in [0.2, 0.25) is 0 Å². The summed E-state index contributed by atoms with van der Waals surface area (Å²) < 4.78 is 25.8. The van der Waals surface area contributed by atoms with Crippen LogP contribution in [0.5, 0.6) is 0 Å². The number of hydrogen-bond acceptors (Lipinski definition) is 7. The lowest BCUT2D eigenvalue weighted by Gasteiger charge is -2.17. The maximum absolute atomic E-state index is 11.8. The van der Waals surface area contributed by atoms with Crippen LogP contribution in [0.2, 0.25) is 0 Å². The lowest BCUT2D eigenvalue weighted by Crippen LogP contribution is -2.27. The van der Waals surface area contributed by atoms with Crippen LogP contribution in [0.4, 0.5) is 0 Å². The van der Waals surface area contributed by atoms with Gasteiger partial charge < -0.3 is 20.5 Å². The second kappa shape index (κ2) is 18.5. The molecule has 1 unspecified atom stereocenters. The van der Waals surface area contributed by atoms with E-state index in [2.05, 4.69) is 11.4 Å². The number of esters is 1. The summed E-state index contributed by atoms with van der Waals surface area (Å²) in [5.74, 6) is -0.450. The van der Waals surface area contributed by atoms with Gasteiger partial charge in [-0.15, -0.1) is 0 Å². The fourth-order valence-electron chi connectivity index (χ4n) is 2.69. The highest BCUT2D eigenvalue weighted by Gasteiger charge is 2.24. The van der Waals surface area contributed by atoms with Gasteiger partial charge in [0.1, 0.15) is 6.10 Å². The zero-order valence-electron chi connectivity index (χ0n) is 17.4. The Morgan fingerprint density at radius 1 is 0.964 bits per heavy atom. The van der Waals surface area contributed by atoms with Crippen LogP contribution in [0.3, 0.4) is 0 Å². The first-order valence-corrected chi connectivity index (χ1v) is 12.1. The van der Waals surface area contributed by atoms with Crippen molar-refractivity contribution in [2.75, 3.05) is 26.4 Å². The molecule has 28 heavy (non-hydrogen) atoms. The molecule has 9 heteroatoms. The van der Waals surface area contributed by atoms with Crippen LogP contribution in [-0.4, -0.2) is 48.4 Å². The Morgan fingerprint density at radius 3 is 2.00 bits per heavy atom. The first kappa shape index (κ1) is 27.5. The molecule has 0 saturated heterocycles. The van der Waals surface area contributed by atoms with Crippen LogP contribution in [-0.2, 0) is 23.1 Å². The summed E-state index contributed by atoms with van der Waals surface area (Å²) in [5.41, 5.74) is 5.18. The van der Waals surface area contributed by atoms with E-state index in [1.165, 1.54) is 51.4 Å². The normalized spacial score (nSPS) is 14.6. The highest BCUT2D eigenvalue weighted by Crippen LogP contribution is 2.42. The second-order valence-electron chi connectivity index (χ2n) is 6.97. The predicted octanol–water partition coefficient (Wildman–Crippen LogP) is 3.68. The van der Waals surface area contributed by atoms with Gasteiger partial charge in [0.05, 0.1) is 19.8 Å². The van der Waals surface area contributed by atoms with Gasteiger partial charge in [-0.25, -0.2) is 4.57 Å². The summed E-state index contributed by atoms with van der Waals surface area (Å²) in [6.45, 7) is 1.25. The van der Waals surface area contributed by atoms with Crippen LogP contribution in [0.25, 0.3) is 0 Å². The molecule has 0 bridgehead atoms. The summed E-state index contributed by atoms with van der Waals surface area (Å²) >= 11 is 0. The molecule has 0 amide bonds. The van der Waals surface area contributed by atoms with Crippen LogP contribution in [0, 0.1) is 0 Å². The van der Waals surface area contributed by atoms with E-state index in [9.17, 15) is 19.4 Å². The number of carbonyl (C=O) groups is 1. The van der Waals surface area contributed by atoms with Crippen molar-refractivity contribution in [3.8, 4) is 0 Å². The number of nitrogens with two attached hydrogens (primary N) is 1. The summed E-state index contributed by atoms with van der Waals surface area (Å²) in [5, 5.41) is 9.22. The van der Waals surface area contributed by atoms with E-state index < -0.39 is 33.1 Å². The average molecular weight is 426 g/mol. The molecule has 0 aliphatic heterocycles. The molecule has 0 fully saturated rings. The molecule has 0 aromatic rings. The highest BCUT2D eigenvalue weighted by molar-refractivity contribution is 7.47. The maximum Gasteiger partial charge on any atom is 0.472 e. The van der Waals surface area contributed by atoms with E-state index >= 15 is 0 Å². The minimum Gasteiger partial charge on any atom is -0.457 e. The number of aliphatic hydroxyl groups excluding tert-OH is 1. The van der Waals surface area contributed by atoms with Gasteiger partial charge in [-0.2, -0.15) is 0 Å². The first-order valence-electron chi connectivity index (χ1n) is 10.6. The molecule has 0 aliphatic rings. The molecule has 8 nitrogen and oxygen atoms in total. The Kier molecular flexibility index (Phi) is 18.2. The zero-order chi connectivity index (χ0) is 21.1. The lowest BCUT2D eigenvalue weighted by atomic mass is 10.1. The largest absolute Gasteiger partial charge is 0.472 e. The van der Waals surface area contributed by atoms with Crippen LogP contribution >= 0.6 is 7.82 Å². The van der Waals surface area contributed by atoms with Gasteiger partial charge in [0.15, 0.2) is 0 Å². The minimum atomic E-state index is -4.25. The molecule has 0 saturated carbocycles. The van der Waals surface area contributed by atoms with Crippen LogP contribution in [0.1, 0.15) is 84.0 Å². The van der Waals surface area contributed by atoms with E-state index in [1.54, 1.807) is 0 Å².